The molecule has 0 unspecified atom stereocenters. The number of pyridine rings is 1. The summed E-state index contributed by atoms with van der Waals surface area (Å²) in [6, 6.07) is 3.45. The monoisotopic (exact) mass is 245 g/mol. The van der Waals surface area contributed by atoms with Gasteiger partial charge in [0.05, 0.1) is 18.4 Å². The number of aromatic nitrogens is 1. The van der Waals surface area contributed by atoms with Crippen LogP contribution in [0.1, 0.15) is 36.8 Å². The molecule has 0 radical (unpaired) electrons. The zero-order valence-corrected chi connectivity index (χ0v) is 10.9. The smallest absolute Gasteiger partial charge is 0.132 e. The summed E-state index contributed by atoms with van der Waals surface area (Å²) in [7, 11) is 0. The molecule has 1 aromatic rings. The summed E-state index contributed by atoms with van der Waals surface area (Å²) in [5, 5.41) is 3.51. The first-order chi connectivity index (χ1) is 8.74. The van der Waals surface area contributed by atoms with Crippen molar-refractivity contribution in [3.63, 3.8) is 0 Å². The quantitative estimate of drug-likeness (QED) is 0.749. The third-order valence-electron chi connectivity index (χ3n) is 4.45. The van der Waals surface area contributed by atoms with E-state index in [9.17, 15) is 0 Å². The lowest BCUT2D eigenvalue weighted by molar-refractivity contribution is 0.0779. The minimum atomic E-state index is 0.155. The highest BCUT2D eigenvalue weighted by Gasteiger charge is 2.38. The number of anilines is 1. The van der Waals surface area contributed by atoms with Gasteiger partial charge in [0.2, 0.25) is 0 Å². The van der Waals surface area contributed by atoms with E-state index in [0.717, 1.165) is 31.8 Å². The Kier molecular flexibility index (Phi) is 2.20. The second kappa shape index (κ2) is 3.68. The van der Waals surface area contributed by atoms with Gasteiger partial charge in [-0.2, -0.15) is 0 Å². The first kappa shape index (κ1) is 10.8. The van der Waals surface area contributed by atoms with Gasteiger partial charge in [0.1, 0.15) is 5.82 Å². The van der Waals surface area contributed by atoms with Crippen molar-refractivity contribution in [3.05, 3.63) is 22.9 Å². The molecular weight excluding hydrogens is 226 g/mol. The third kappa shape index (κ3) is 1.36. The van der Waals surface area contributed by atoms with Crippen molar-refractivity contribution >= 4 is 5.82 Å². The molecule has 18 heavy (non-hydrogen) atoms. The Labute approximate surface area is 107 Å². The normalized spacial score (nSPS) is 33.2. The van der Waals surface area contributed by atoms with Crippen molar-refractivity contribution in [2.75, 3.05) is 18.0 Å². The minimum absolute atomic E-state index is 0.155. The van der Waals surface area contributed by atoms with Gasteiger partial charge in [-0.25, -0.2) is 4.98 Å². The van der Waals surface area contributed by atoms with Gasteiger partial charge in [-0.1, -0.05) is 0 Å². The highest BCUT2D eigenvalue weighted by molar-refractivity contribution is 5.58. The fraction of sp³-hybridized carbons (Fsp3) is 0.643. The lowest BCUT2D eigenvalue weighted by atomic mass is 10.1. The van der Waals surface area contributed by atoms with E-state index >= 15 is 0 Å². The summed E-state index contributed by atoms with van der Waals surface area (Å²) in [4.78, 5) is 7.43. The number of nitrogens with one attached hydrogen (secondary N) is 1. The van der Waals surface area contributed by atoms with Crippen LogP contribution in [0, 0.1) is 0 Å². The summed E-state index contributed by atoms with van der Waals surface area (Å²) in [6.07, 6.45) is 1.28. The Morgan fingerprint density at radius 2 is 2.22 bits per heavy atom. The second-order valence-corrected chi connectivity index (χ2v) is 5.74. The van der Waals surface area contributed by atoms with Crippen LogP contribution >= 0.6 is 0 Å². The lowest BCUT2D eigenvalue weighted by Crippen LogP contribution is -2.55. The number of rotatable bonds is 0. The number of fused-ring (bicyclic) bond motifs is 4. The van der Waals surface area contributed by atoms with Gasteiger partial charge in [0.15, 0.2) is 0 Å². The molecule has 0 spiro atoms. The molecule has 4 heteroatoms. The summed E-state index contributed by atoms with van der Waals surface area (Å²) < 4.78 is 5.67. The predicted molar refractivity (Wildman–Crippen MR) is 69.7 cm³/mol. The fourth-order valence-electron chi connectivity index (χ4n) is 3.56. The van der Waals surface area contributed by atoms with Crippen LogP contribution < -0.4 is 10.2 Å². The molecule has 3 aliphatic rings. The van der Waals surface area contributed by atoms with Gasteiger partial charge in [-0.3, -0.25) is 0 Å². The second-order valence-electron chi connectivity index (χ2n) is 5.74. The molecule has 3 aliphatic heterocycles. The Hall–Kier alpha value is -1.13. The molecule has 1 N–H and O–H groups in total. The van der Waals surface area contributed by atoms with Gasteiger partial charge in [-0.15, -0.1) is 0 Å². The van der Waals surface area contributed by atoms with Gasteiger partial charge in [0.25, 0.3) is 0 Å². The first-order valence-corrected chi connectivity index (χ1v) is 6.87. The lowest BCUT2D eigenvalue weighted by Gasteiger charge is -2.37. The standard InChI is InChI=1S/C14H19N3O/c1-8-5-15-6-12-4-10-3-11-7-18-9(2)13(11)16-14(10)17(8)12/h3,8-9,12,15H,4-7H2,1-2H3/t8-,9-,12+/m0/s1. The molecular formula is C14H19N3O. The maximum absolute atomic E-state index is 5.67. The number of piperazine rings is 1. The minimum Gasteiger partial charge on any atom is -0.367 e. The Bertz CT molecular complexity index is 502. The van der Waals surface area contributed by atoms with Crippen molar-refractivity contribution in [1.82, 2.24) is 10.3 Å². The number of ether oxygens (including phenoxy) is 1. The molecule has 0 bridgehead atoms. The van der Waals surface area contributed by atoms with E-state index in [1.807, 2.05) is 0 Å². The summed E-state index contributed by atoms with van der Waals surface area (Å²) in [5.74, 6) is 1.21. The molecule has 1 fully saturated rings. The van der Waals surface area contributed by atoms with Crippen molar-refractivity contribution in [3.8, 4) is 0 Å². The van der Waals surface area contributed by atoms with Crippen LogP contribution in [0.15, 0.2) is 6.07 Å². The predicted octanol–water partition coefficient (Wildman–Crippen LogP) is 1.40. The Morgan fingerprint density at radius 3 is 3.11 bits per heavy atom. The molecule has 1 saturated heterocycles. The molecule has 96 valence electrons. The van der Waals surface area contributed by atoms with Crippen LogP contribution in [0.3, 0.4) is 0 Å². The zero-order valence-electron chi connectivity index (χ0n) is 10.9. The van der Waals surface area contributed by atoms with E-state index in [-0.39, 0.29) is 6.10 Å². The van der Waals surface area contributed by atoms with Gasteiger partial charge >= 0.3 is 0 Å². The molecule has 3 atom stereocenters. The van der Waals surface area contributed by atoms with Crippen LogP contribution in [0.25, 0.3) is 0 Å². The Balaban J connectivity index is 1.81. The van der Waals surface area contributed by atoms with Crippen LogP contribution in [0.2, 0.25) is 0 Å². The van der Waals surface area contributed by atoms with Gasteiger partial charge in [-0.05, 0) is 31.9 Å². The first-order valence-electron chi connectivity index (χ1n) is 6.87. The number of hydrogen-bond acceptors (Lipinski definition) is 4. The van der Waals surface area contributed by atoms with Crippen LogP contribution in [-0.2, 0) is 17.8 Å². The number of hydrogen-bond donors (Lipinski definition) is 1. The fourth-order valence-corrected chi connectivity index (χ4v) is 3.56. The zero-order chi connectivity index (χ0) is 12.3. The van der Waals surface area contributed by atoms with E-state index in [1.165, 1.54) is 16.9 Å². The van der Waals surface area contributed by atoms with Crippen molar-refractivity contribution < 1.29 is 4.74 Å². The molecule has 0 saturated carbocycles. The topological polar surface area (TPSA) is 37.4 Å². The Morgan fingerprint density at radius 1 is 1.33 bits per heavy atom. The van der Waals surface area contributed by atoms with E-state index in [2.05, 4.69) is 30.1 Å². The molecule has 1 aromatic heterocycles. The van der Waals surface area contributed by atoms with Crippen LogP contribution in [-0.4, -0.2) is 30.2 Å². The molecule has 0 amide bonds. The summed E-state index contributed by atoms with van der Waals surface area (Å²) >= 11 is 0. The molecule has 4 heterocycles. The molecule has 0 aliphatic carbocycles. The van der Waals surface area contributed by atoms with Crippen molar-refractivity contribution in [1.29, 1.82) is 0 Å². The summed E-state index contributed by atoms with van der Waals surface area (Å²) in [6.45, 7) is 7.25. The molecule has 4 nitrogen and oxygen atoms in total. The average Bonchev–Trinajstić information content (AvgIpc) is 2.89. The van der Waals surface area contributed by atoms with Crippen molar-refractivity contribution in [2.24, 2.45) is 0 Å². The van der Waals surface area contributed by atoms with Crippen LogP contribution in [0.4, 0.5) is 5.82 Å². The SMILES string of the molecule is C[C@@H]1OCc2cc3c(nc21)N1[C@@H](CNC[C@@H]1C)C3. The van der Waals surface area contributed by atoms with Gasteiger partial charge in [0, 0.05) is 30.7 Å². The van der Waals surface area contributed by atoms with E-state index in [4.69, 9.17) is 9.72 Å². The maximum atomic E-state index is 5.67. The number of nitrogens with zero attached hydrogens (tertiary/aromatic N) is 2. The third-order valence-corrected chi connectivity index (χ3v) is 4.45. The van der Waals surface area contributed by atoms with Gasteiger partial charge < -0.3 is 15.0 Å². The largest absolute Gasteiger partial charge is 0.367 e. The molecule has 0 aromatic carbocycles. The van der Waals surface area contributed by atoms with E-state index < -0.39 is 0 Å². The summed E-state index contributed by atoms with van der Waals surface area (Å²) in [5.41, 5.74) is 3.86. The van der Waals surface area contributed by atoms with E-state index in [0.29, 0.717) is 12.1 Å². The highest BCUT2D eigenvalue weighted by atomic mass is 16.5. The van der Waals surface area contributed by atoms with Crippen molar-refractivity contribution in [2.45, 2.75) is 45.1 Å². The molecule has 4 rings (SSSR count). The highest BCUT2D eigenvalue weighted by Crippen LogP contribution is 2.38. The maximum Gasteiger partial charge on any atom is 0.132 e. The van der Waals surface area contributed by atoms with E-state index in [1.54, 1.807) is 0 Å². The van der Waals surface area contributed by atoms with Crippen LogP contribution in [0.5, 0.6) is 0 Å². The average molecular weight is 245 g/mol.